The van der Waals surface area contributed by atoms with Crippen molar-refractivity contribution in [3.63, 3.8) is 0 Å². The number of nitrogens with zero attached hydrogens (tertiary/aromatic N) is 1. The SMILES string of the molecule is O=C(O)CN(Cc1ccc(OC(F)F)cc1)C1CC1. The highest BCUT2D eigenvalue weighted by molar-refractivity contribution is 5.69. The van der Waals surface area contributed by atoms with Gasteiger partial charge in [-0.05, 0) is 30.5 Å². The summed E-state index contributed by atoms with van der Waals surface area (Å²) in [5.74, 6) is -0.750. The molecule has 0 atom stereocenters. The van der Waals surface area contributed by atoms with Crippen LogP contribution in [-0.2, 0) is 11.3 Å². The summed E-state index contributed by atoms with van der Waals surface area (Å²) in [5, 5.41) is 8.84. The second kappa shape index (κ2) is 5.97. The molecule has 1 aromatic rings. The first kappa shape index (κ1) is 13.7. The molecule has 0 unspecified atom stereocenters. The minimum Gasteiger partial charge on any atom is -0.480 e. The molecular formula is C13H15F2NO3. The zero-order valence-corrected chi connectivity index (χ0v) is 10.3. The van der Waals surface area contributed by atoms with Crippen molar-refractivity contribution in [2.45, 2.75) is 32.0 Å². The van der Waals surface area contributed by atoms with Gasteiger partial charge >= 0.3 is 12.6 Å². The first-order valence-corrected chi connectivity index (χ1v) is 6.04. The first-order valence-electron chi connectivity index (χ1n) is 6.04. The van der Waals surface area contributed by atoms with Gasteiger partial charge in [-0.2, -0.15) is 8.78 Å². The van der Waals surface area contributed by atoms with Gasteiger partial charge in [-0.25, -0.2) is 0 Å². The predicted octanol–water partition coefficient (Wildman–Crippen LogP) is 2.34. The van der Waals surface area contributed by atoms with Gasteiger partial charge in [0, 0.05) is 12.6 Å². The quantitative estimate of drug-likeness (QED) is 0.827. The number of carboxylic acid groups (broad SMARTS) is 1. The first-order chi connectivity index (χ1) is 9.04. The second-order valence-electron chi connectivity index (χ2n) is 4.55. The molecule has 0 bridgehead atoms. The highest BCUT2D eigenvalue weighted by Crippen LogP contribution is 2.28. The van der Waals surface area contributed by atoms with Gasteiger partial charge in [0.15, 0.2) is 0 Å². The number of alkyl halides is 2. The molecule has 1 fully saturated rings. The third-order valence-corrected chi connectivity index (χ3v) is 2.94. The molecule has 1 aliphatic carbocycles. The number of hydrogen-bond donors (Lipinski definition) is 1. The Morgan fingerprint density at radius 2 is 2.00 bits per heavy atom. The van der Waals surface area contributed by atoms with Crippen molar-refractivity contribution in [1.29, 1.82) is 0 Å². The maximum atomic E-state index is 12.0. The molecule has 6 heteroatoms. The van der Waals surface area contributed by atoms with Crippen LogP contribution in [0.1, 0.15) is 18.4 Å². The normalized spacial score (nSPS) is 14.9. The average molecular weight is 271 g/mol. The smallest absolute Gasteiger partial charge is 0.387 e. The number of carboxylic acids is 1. The molecule has 1 N–H and O–H groups in total. The molecule has 1 aromatic carbocycles. The standard InChI is InChI=1S/C13H15F2NO3/c14-13(15)19-11-5-1-9(2-6-11)7-16(8-12(17)18)10-3-4-10/h1-2,5-6,10,13H,3-4,7-8H2,(H,17,18). The van der Waals surface area contributed by atoms with Crippen LogP contribution in [-0.4, -0.2) is 35.2 Å². The topological polar surface area (TPSA) is 49.8 Å². The summed E-state index contributed by atoms with van der Waals surface area (Å²) in [7, 11) is 0. The van der Waals surface area contributed by atoms with Crippen molar-refractivity contribution in [1.82, 2.24) is 4.90 Å². The van der Waals surface area contributed by atoms with Crippen molar-refractivity contribution < 1.29 is 23.4 Å². The second-order valence-corrected chi connectivity index (χ2v) is 4.55. The van der Waals surface area contributed by atoms with E-state index in [1.807, 2.05) is 4.90 Å². The van der Waals surface area contributed by atoms with Crippen LogP contribution in [0.5, 0.6) is 5.75 Å². The summed E-state index contributed by atoms with van der Waals surface area (Å²) in [6.45, 7) is -2.33. The molecular weight excluding hydrogens is 256 g/mol. The molecule has 0 aromatic heterocycles. The van der Waals surface area contributed by atoms with Gasteiger partial charge in [0.25, 0.3) is 0 Å². The Kier molecular flexibility index (Phi) is 4.31. The van der Waals surface area contributed by atoms with Crippen molar-refractivity contribution in [2.75, 3.05) is 6.54 Å². The zero-order valence-electron chi connectivity index (χ0n) is 10.3. The summed E-state index contributed by atoms with van der Waals surface area (Å²) < 4.78 is 28.2. The largest absolute Gasteiger partial charge is 0.480 e. The van der Waals surface area contributed by atoms with E-state index in [1.165, 1.54) is 12.1 Å². The van der Waals surface area contributed by atoms with Crippen LogP contribution in [0.15, 0.2) is 24.3 Å². The summed E-state index contributed by atoms with van der Waals surface area (Å²) in [5.41, 5.74) is 0.884. The van der Waals surface area contributed by atoms with Gasteiger partial charge in [0.2, 0.25) is 0 Å². The van der Waals surface area contributed by atoms with Crippen LogP contribution >= 0.6 is 0 Å². The number of hydrogen-bond acceptors (Lipinski definition) is 3. The van der Waals surface area contributed by atoms with E-state index in [2.05, 4.69) is 4.74 Å². The molecule has 0 saturated heterocycles. The molecule has 1 aliphatic rings. The summed E-state index contributed by atoms with van der Waals surface area (Å²) in [4.78, 5) is 12.6. The number of rotatable bonds is 7. The fraction of sp³-hybridized carbons (Fsp3) is 0.462. The number of halogens is 2. The molecule has 104 valence electrons. The van der Waals surface area contributed by atoms with E-state index < -0.39 is 12.6 Å². The Morgan fingerprint density at radius 3 is 2.47 bits per heavy atom. The highest BCUT2D eigenvalue weighted by atomic mass is 19.3. The highest BCUT2D eigenvalue weighted by Gasteiger charge is 2.30. The molecule has 2 rings (SSSR count). The lowest BCUT2D eigenvalue weighted by molar-refractivity contribution is -0.138. The van der Waals surface area contributed by atoms with Crippen LogP contribution in [0, 0.1) is 0 Å². The van der Waals surface area contributed by atoms with Crippen LogP contribution in [0.2, 0.25) is 0 Å². The summed E-state index contributed by atoms with van der Waals surface area (Å²) in [6, 6.07) is 6.61. The van der Waals surface area contributed by atoms with E-state index >= 15 is 0 Å². The number of aliphatic carboxylic acids is 1. The minimum absolute atomic E-state index is 0.0000475. The Hall–Kier alpha value is -1.69. The average Bonchev–Trinajstić information content (AvgIpc) is 3.13. The van der Waals surface area contributed by atoms with Crippen molar-refractivity contribution in [2.24, 2.45) is 0 Å². The minimum atomic E-state index is -2.83. The van der Waals surface area contributed by atoms with Gasteiger partial charge in [0.05, 0.1) is 6.54 Å². The summed E-state index contributed by atoms with van der Waals surface area (Å²) >= 11 is 0. The fourth-order valence-corrected chi connectivity index (χ4v) is 1.94. The molecule has 19 heavy (non-hydrogen) atoms. The van der Waals surface area contributed by atoms with Crippen molar-refractivity contribution >= 4 is 5.97 Å². The maximum Gasteiger partial charge on any atom is 0.387 e. The Morgan fingerprint density at radius 1 is 1.37 bits per heavy atom. The molecule has 0 radical (unpaired) electrons. The molecule has 1 saturated carbocycles. The molecule has 0 spiro atoms. The Bertz CT molecular complexity index is 432. The van der Waals surface area contributed by atoms with Crippen LogP contribution in [0.3, 0.4) is 0 Å². The van der Waals surface area contributed by atoms with E-state index in [1.54, 1.807) is 12.1 Å². The number of ether oxygens (including phenoxy) is 1. The van der Waals surface area contributed by atoms with Gasteiger partial charge in [-0.3, -0.25) is 9.69 Å². The van der Waals surface area contributed by atoms with Gasteiger partial charge in [0.1, 0.15) is 5.75 Å². The maximum absolute atomic E-state index is 12.0. The van der Waals surface area contributed by atoms with Gasteiger partial charge in [-0.1, -0.05) is 12.1 Å². The van der Waals surface area contributed by atoms with E-state index in [4.69, 9.17) is 5.11 Å². The number of benzene rings is 1. The monoisotopic (exact) mass is 271 g/mol. The third-order valence-electron chi connectivity index (χ3n) is 2.94. The summed E-state index contributed by atoms with van der Waals surface area (Å²) in [6.07, 6.45) is 2.03. The fourth-order valence-electron chi connectivity index (χ4n) is 1.94. The predicted molar refractivity (Wildman–Crippen MR) is 64.1 cm³/mol. The molecule has 0 heterocycles. The van der Waals surface area contributed by atoms with Crippen LogP contribution in [0.25, 0.3) is 0 Å². The Labute approximate surface area is 109 Å². The van der Waals surface area contributed by atoms with Gasteiger partial charge < -0.3 is 9.84 Å². The van der Waals surface area contributed by atoms with Crippen molar-refractivity contribution in [3.8, 4) is 5.75 Å². The zero-order chi connectivity index (χ0) is 13.8. The van der Waals surface area contributed by atoms with Crippen molar-refractivity contribution in [3.05, 3.63) is 29.8 Å². The van der Waals surface area contributed by atoms with E-state index in [9.17, 15) is 13.6 Å². The lowest BCUT2D eigenvalue weighted by Gasteiger charge is -2.19. The van der Waals surface area contributed by atoms with E-state index in [-0.39, 0.29) is 12.3 Å². The van der Waals surface area contributed by atoms with Crippen LogP contribution in [0.4, 0.5) is 8.78 Å². The lowest BCUT2D eigenvalue weighted by Crippen LogP contribution is -2.31. The Balaban J connectivity index is 1.95. The lowest BCUT2D eigenvalue weighted by atomic mass is 10.2. The van der Waals surface area contributed by atoms with E-state index in [0.29, 0.717) is 12.6 Å². The number of carbonyl (C=O) groups is 1. The molecule has 0 amide bonds. The van der Waals surface area contributed by atoms with Crippen LogP contribution < -0.4 is 4.74 Å². The molecule has 4 nitrogen and oxygen atoms in total. The van der Waals surface area contributed by atoms with Gasteiger partial charge in [-0.15, -0.1) is 0 Å². The molecule has 0 aliphatic heterocycles. The third kappa shape index (κ3) is 4.48. The van der Waals surface area contributed by atoms with E-state index in [0.717, 1.165) is 18.4 Å².